The predicted molar refractivity (Wildman–Crippen MR) is 66.7 cm³/mol. The monoisotopic (exact) mass is 236 g/mol. The quantitative estimate of drug-likeness (QED) is 0.592. The van der Waals surface area contributed by atoms with Crippen molar-refractivity contribution in [3.63, 3.8) is 0 Å². The minimum Gasteiger partial charge on any atom is -0.320 e. The number of hydrogen-bond acceptors (Lipinski definition) is 3. The second kappa shape index (κ2) is 4.17. The van der Waals surface area contributed by atoms with Crippen LogP contribution in [0.3, 0.4) is 0 Å². The molecule has 0 aromatic rings. The first-order chi connectivity index (χ1) is 7.96. The summed E-state index contributed by atoms with van der Waals surface area (Å²) in [5, 5.41) is 6.47. The number of rotatable bonds is 2. The lowest BCUT2D eigenvalue weighted by atomic mass is 9.47. The standard InChI is InChI=1S/C13H20N2O2/c1-5-14-12(16)17-15-11-7-9-6-10(8(11)2)13(9,3)4/h9-10H,2,5-7H2,1,3-4H3,(H,14,16)/b15-11-/t9-,10+/m1/s1. The second-order valence-electron chi connectivity index (χ2n) is 5.48. The highest BCUT2D eigenvalue weighted by Crippen LogP contribution is 2.59. The van der Waals surface area contributed by atoms with E-state index >= 15 is 0 Å². The number of carbonyl (C=O) groups excluding carboxylic acids is 1. The Kier molecular flexibility index (Phi) is 2.98. The molecule has 0 aromatic heterocycles. The molecule has 3 fully saturated rings. The van der Waals surface area contributed by atoms with Crippen LogP contribution in [0, 0.1) is 17.3 Å². The first-order valence-corrected chi connectivity index (χ1v) is 6.17. The smallest absolute Gasteiger partial charge is 0.320 e. The van der Waals surface area contributed by atoms with Crippen LogP contribution in [0.15, 0.2) is 17.3 Å². The Morgan fingerprint density at radius 3 is 2.88 bits per heavy atom. The van der Waals surface area contributed by atoms with Crippen molar-refractivity contribution in [2.45, 2.75) is 33.6 Å². The van der Waals surface area contributed by atoms with E-state index in [2.05, 4.69) is 30.9 Å². The number of amides is 1. The third-order valence-corrected chi connectivity index (χ3v) is 4.26. The lowest BCUT2D eigenvalue weighted by Crippen LogP contribution is -2.52. The van der Waals surface area contributed by atoms with Crippen molar-refractivity contribution in [2.75, 3.05) is 6.54 Å². The first-order valence-electron chi connectivity index (χ1n) is 6.17. The van der Waals surface area contributed by atoms with Crippen LogP contribution >= 0.6 is 0 Å². The van der Waals surface area contributed by atoms with Crippen LogP contribution in [-0.4, -0.2) is 18.3 Å². The van der Waals surface area contributed by atoms with Gasteiger partial charge in [-0.2, -0.15) is 0 Å². The molecule has 0 spiro atoms. The molecule has 4 nitrogen and oxygen atoms in total. The van der Waals surface area contributed by atoms with E-state index in [-0.39, 0.29) is 0 Å². The van der Waals surface area contributed by atoms with Crippen LogP contribution in [0.5, 0.6) is 0 Å². The molecule has 0 saturated heterocycles. The van der Waals surface area contributed by atoms with Gasteiger partial charge in [-0.1, -0.05) is 25.6 Å². The van der Waals surface area contributed by atoms with Crippen molar-refractivity contribution in [3.05, 3.63) is 12.2 Å². The van der Waals surface area contributed by atoms with Crippen LogP contribution in [0.25, 0.3) is 0 Å². The molecule has 94 valence electrons. The van der Waals surface area contributed by atoms with Gasteiger partial charge in [0.2, 0.25) is 0 Å². The summed E-state index contributed by atoms with van der Waals surface area (Å²) in [5.41, 5.74) is 2.24. The molecule has 3 saturated carbocycles. The van der Waals surface area contributed by atoms with E-state index in [1.807, 2.05) is 6.92 Å². The Bertz CT molecular complexity index is 385. The number of carbonyl (C=O) groups is 1. The van der Waals surface area contributed by atoms with E-state index in [1.54, 1.807) is 0 Å². The molecule has 0 aliphatic heterocycles. The van der Waals surface area contributed by atoms with Gasteiger partial charge in [-0.15, -0.1) is 0 Å². The van der Waals surface area contributed by atoms with E-state index in [0.29, 0.717) is 23.8 Å². The van der Waals surface area contributed by atoms with E-state index < -0.39 is 6.09 Å². The summed E-state index contributed by atoms with van der Waals surface area (Å²) < 4.78 is 0. The van der Waals surface area contributed by atoms with Crippen LogP contribution in [-0.2, 0) is 4.84 Å². The summed E-state index contributed by atoms with van der Waals surface area (Å²) in [6.45, 7) is 11.0. The topological polar surface area (TPSA) is 50.7 Å². The molecule has 17 heavy (non-hydrogen) atoms. The molecular formula is C13H20N2O2. The zero-order valence-corrected chi connectivity index (χ0v) is 10.7. The highest BCUT2D eigenvalue weighted by molar-refractivity contribution is 6.02. The van der Waals surface area contributed by atoms with Crippen LogP contribution in [0.4, 0.5) is 4.79 Å². The van der Waals surface area contributed by atoms with Crippen LogP contribution in [0.1, 0.15) is 33.6 Å². The summed E-state index contributed by atoms with van der Waals surface area (Å²) in [4.78, 5) is 15.9. The third-order valence-electron chi connectivity index (χ3n) is 4.26. The van der Waals surface area contributed by atoms with Crippen LogP contribution < -0.4 is 5.32 Å². The largest absolute Gasteiger partial charge is 0.433 e. The lowest BCUT2D eigenvalue weighted by molar-refractivity contribution is 0.000504. The van der Waals surface area contributed by atoms with Crippen LogP contribution in [0.2, 0.25) is 0 Å². The molecule has 4 heteroatoms. The second-order valence-corrected chi connectivity index (χ2v) is 5.48. The first kappa shape index (κ1) is 12.1. The molecule has 0 heterocycles. The summed E-state index contributed by atoms with van der Waals surface area (Å²) in [6.07, 6.45) is 1.58. The van der Waals surface area contributed by atoms with Gasteiger partial charge in [0.15, 0.2) is 0 Å². The minimum absolute atomic E-state index is 0.335. The number of nitrogens with zero attached hydrogens (tertiary/aromatic N) is 1. The molecule has 3 aliphatic rings. The summed E-state index contributed by atoms with van der Waals surface area (Å²) in [5.74, 6) is 1.15. The molecular weight excluding hydrogens is 216 g/mol. The maximum Gasteiger partial charge on any atom is 0.433 e. The van der Waals surface area contributed by atoms with Crippen molar-refractivity contribution in [2.24, 2.45) is 22.4 Å². The summed E-state index contributed by atoms with van der Waals surface area (Å²) in [6, 6.07) is 0. The average Bonchev–Trinajstić information content (AvgIpc) is 2.27. The highest BCUT2D eigenvalue weighted by atomic mass is 16.7. The number of hydrogen-bond donors (Lipinski definition) is 1. The maximum absolute atomic E-state index is 11.1. The molecule has 0 unspecified atom stereocenters. The fraction of sp³-hybridized carbons (Fsp3) is 0.692. The normalized spacial score (nSPS) is 31.9. The SMILES string of the molecule is C=C1/C(=N\OC(=O)NCC)C[C@H]2C[C@@H]1C2(C)C. The zero-order valence-electron chi connectivity index (χ0n) is 10.7. The van der Waals surface area contributed by atoms with Gasteiger partial charge in [0.25, 0.3) is 0 Å². The minimum atomic E-state index is -0.494. The Labute approximate surface area is 102 Å². The van der Waals surface area contributed by atoms with Gasteiger partial charge in [0, 0.05) is 6.54 Å². The third kappa shape index (κ3) is 1.96. The Morgan fingerprint density at radius 1 is 1.65 bits per heavy atom. The number of oxime groups is 1. The average molecular weight is 236 g/mol. The highest BCUT2D eigenvalue weighted by Gasteiger charge is 2.54. The van der Waals surface area contributed by atoms with Gasteiger partial charge in [0.1, 0.15) is 0 Å². The van der Waals surface area contributed by atoms with Gasteiger partial charge >= 0.3 is 6.09 Å². The molecule has 3 aliphatic carbocycles. The molecule has 0 radical (unpaired) electrons. The Morgan fingerprint density at radius 2 is 2.35 bits per heavy atom. The van der Waals surface area contributed by atoms with Crippen molar-refractivity contribution < 1.29 is 9.63 Å². The van der Waals surface area contributed by atoms with Gasteiger partial charge in [0.05, 0.1) is 5.71 Å². The van der Waals surface area contributed by atoms with E-state index in [0.717, 1.165) is 17.7 Å². The van der Waals surface area contributed by atoms with Gasteiger partial charge in [-0.25, -0.2) is 4.79 Å². The maximum atomic E-state index is 11.1. The van der Waals surface area contributed by atoms with E-state index in [4.69, 9.17) is 4.84 Å². The van der Waals surface area contributed by atoms with E-state index in [9.17, 15) is 4.79 Å². The number of fused-ring (bicyclic) bond motifs is 2. The fourth-order valence-corrected chi connectivity index (χ4v) is 2.89. The fourth-order valence-electron chi connectivity index (χ4n) is 2.89. The Hall–Kier alpha value is -1.32. The predicted octanol–water partition coefficient (Wildman–Crippen LogP) is 2.71. The summed E-state index contributed by atoms with van der Waals surface area (Å²) >= 11 is 0. The van der Waals surface area contributed by atoms with E-state index in [1.165, 1.54) is 6.42 Å². The van der Waals surface area contributed by atoms with Crippen molar-refractivity contribution in [3.8, 4) is 0 Å². The van der Waals surface area contributed by atoms with Gasteiger partial charge in [-0.05, 0) is 42.6 Å². The van der Waals surface area contributed by atoms with Gasteiger partial charge in [-0.3, -0.25) is 4.84 Å². The molecule has 1 N–H and O–H groups in total. The van der Waals surface area contributed by atoms with Gasteiger partial charge < -0.3 is 5.32 Å². The summed E-state index contributed by atoms with van der Waals surface area (Å²) in [7, 11) is 0. The van der Waals surface area contributed by atoms with Crippen molar-refractivity contribution in [1.82, 2.24) is 5.32 Å². The molecule has 2 atom stereocenters. The molecule has 3 rings (SSSR count). The molecule has 0 aromatic carbocycles. The van der Waals surface area contributed by atoms with Crippen molar-refractivity contribution in [1.29, 1.82) is 0 Å². The lowest BCUT2D eigenvalue weighted by Gasteiger charge is -2.57. The number of allylic oxidation sites excluding steroid dienone is 1. The number of nitrogens with one attached hydrogen (secondary N) is 1. The Balaban J connectivity index is 1.99. The zero-order chi connectivity index (χ0) is 12.6. The molecule has 1 amide bonds. The van der Waals surface area contributed by atoms with Crippen molar-refractivity contribution >= 4 is 11.8 Å². The molecule has 2 bridgehead atoms.